The van der Waals surface area contributed by atoms with Crippen molar-refractivity contribution in [2.75, 3.05) is 45.9 Å². The molecule has 20 heavy (non-hydrogen) atoms. The fourth-order valence-corrected chi connectivity index (χ4v) is 2.72. The zero-order chi connectivity index (χ0) is 14.5. The van der Waals surface area contributed by atoms with Crippen molar-refractivity contribution in [2.45, 2.75) is 32.1 Å². The van der Waals surface area contributed by atoms with Gasteiger partial charge in [0.25, 0.3) is 0 Å². The van der Waals surface area contributed by atoms with Gasteiger partial charge in [-0.05, 0) is 13.8 Å². The molecule has 2 unspecified atom stereocenters. The molecule has 2 aliphatic rings. The first-order valence-electron chi connectivity index (χ1n) is 7.27. The summed E-state index contributed by atoms with van der Waals surface area (Å²) in [6.45, 7) is 10.2. The number of oxime groups is 1. The van der Waals surface area contributed by atoms with E-state index >= 15 is 0 Å². The topological polar surface area (TPSA) is 83.5 Å². The number of hydrogen-bond acceptors (Lipinski definition) is 6. The van der Waals surface area contributed by atoms with Gasteiger partial charge in [0.15, 0.2) is 5.84 Å². The number of nitrogens with two attached hydrogens (primary N) is 1. The van der Waals surface area contributed by atoms with Gasteiger partial charge in [0.1, 0.15) is 6.10 Å². The highest BCUT2D eigenvalue weighted by molar-refractivity contribution is 5.84. The van der Waals surface area contributed by atoms with Crippen LogP contribution in [-0.4, -0.2) is 85.0 Å². The molecule has 0 aromatic rings. The predicted octanol–water partition coefficient (Wildman–Crippen LogP) is -0.457. The van der Waals surface area contributed by atoms with E-state index in [0.717, 1.165) is 32.8 Å². The summed E-state index contributed by atoms with van der Waals surface area (Å²) in [5.41, 5.74) is 5.61. The minimum Gasteiger partial charge on any atom is -0.409 e. The molecular weight excluding hydrogens is 260 g/mol. The fourth-order valence-electron chi connectivity index (χ4n) is 2.72. The summed E-state index contributed by atoms with van der Waals surface area (Å²) >= 11 is 0. The summed E-state index contributed by atoms with van der Waals surface area (Å²) in [5.74, 6) is 0.142. The van der Waals surface area contributed by atoms with Crippen molar-refractivity contribution in [2.24, 2.45) is 10.9 Å². The summed E-state index contributed by atoms with van der Waals surface area (Å²) in [6, 6.07) is 0.552. The van der Waals surface area contributed by atoms with Crippen LogP contribution in [0.5, 0.6) is 0 Å². The summed E-state index contributed by atoms with van der Waals surface area (Å²) < 4.78 is 11.3. The van der Waals surface area contributed by atoms with Gasteiger partial charge in [-0.3, -0.25) is 9.80 Å². The molecule has 2 heterocycles. The van der Waals surface area contributed by atoms with Gasteiger partial charge in [0, 0.05) is 38.8 Å². The molecule has 0 aromatic heterocycles. The average molecular weight is 286 g/mol. The van der Waals surface area contributed by atoms with Crippen LogP contribution in [-0.2, 0) is 9.47 Å². The summed E-state index contributed by atoms with van der Waals surface area (Å²) in [7, 11) is 0. The van der Waals surface area contributed by atoms with Crippen molar-refractivity contribution in [3.05, 3.63) is 0 Å². The molecule has 2 rings (SSSR count). The predicted molar refractivity (Wildman–Crippen MR) is 76.0 cm³/mol. The normalized spacial score (nSPS) is 30.9. The lowest BCUT2D eigenvalue weighted by Gasteiger charge is -2.39. The summed E-state index contributed by atoms with van der Waals surface area (Å²) in [4.78, 5) is 4.70. The van der Waals surface area contributed by atoms with Gasteiger partial charge >= 0.3 is 0 Å². The molecule has 116 valence electrons. The number of rotatable bonds is 4. The second-order valence-corrected chi connectivity index (χ2v) is 5.73. The first-order chi connectivity index (χ1) is 9.60. The molecule has 0 amide bonds. The molecule has 7 heteroatoms. The lowest BCUT2D eigenvalue weighted by Crippen LogP contribution is -2.54. The second-order valence-electron chi connectivity index (χ2n) is 5.73. The van der Waals surface area contributed by atoms with Crippen molar-refractivity contribution in [3.63, 3.8) is 0 Å². The van der Waals surface area contributed by atoms with Crippen molar-refractivity contribution in [1.29, 1.82) is 0 Å². The van der Waals surface area contributed by atoms with Gasteiger partial charge in [-0.1, -0.05) is 5.16 Å². The van der Waals surface area contributed by atoms with E-state index < -0.39 is 0 Å². The standard InChI is InChI=1S/C13H26N4O3/c1-10(2)17-4-6-19-11(8-17)7-16-3-5-20-12(9-16)13(14)15-18/h10-12,18H,3-9H2,1-2H3,(H2,14,15). The van der Waals surface area contributed by atoms with Crippen LogP contribution in [0.1, 0.15) is 13.8 Å². The van der Waals surface area contributed by atoms with Gasteiger partial charge in [-0.2, -0.15) is 0 Å². The number of amidine groups is 1. The van der Waals surface area contributed by atoms with E-state index in [0.29, 0.717) is 19.2 Å². The molecule has 0 aromatic carbocycles. The van der Waals surface area contributed by atoms with E-state index in [1.807, 2.05) is 0 Å². The summed E-state index contributed by atoms with van der Waals surface area (Å²) in [6.07, 6.45) is -0.101. The Labute approximate surface area is 120 Å². The highest BCUT2D eigenvalue weighted by atomic mass is 16.5. The van der Waals surface area contributed by atoms with E-state index in [2.05, 4.69) is 28.8 Å². The van der Waals surface area contributed by atoms with Gasteiger partial charge in [0.05, 0.1) is 19.3 Å². The van der Waals surface area contributed by atoms with Gasteiger partial charge in [-0.15, -0.1) is 0 Å². The highest BCUT2D eigenvalue weighted by Gasteiger charge is 2.28. The van der Waals surface area contributed by atoms with Crippen LogP contribution in [0.3, 0.4) is 0 Å². The first kappa shape index (κ1) is 15.5. The molecule has 2 fully saturated rings. The number of ether oxygens (including phenoxy) is 2. The van der Waals surface area contributed by atoms with Crippen LogP contribution in [0, 0.1) is 0 Å². The Balaban J connectivity index is 1.83. The highest BCUT2D eigenvalue weighted by Crippen LogP contribution is 2.12. The number of morpholine rings is 2. The maximum atomic E-state index is 8.72. The van der Waals surface area contributed by atoms with Crippen LogP contribution in [0.25, 0.3) is 0 Å². The molecule has 0 saturated carbocycles. The Morgan fingerprint density at radius 2 is 2.05 bits per heavy atom. The Bertz CT molecular complexity index is 338. The maximum Gasteiger partial charge on any atom is 0.169 e. The zero-order valence-electron chi connectivity index (χ0n) is 12.4. The van der Waals surface area contributed by atoms with Crippen molar-refractivity contribution >= 4 is 5.84 Å². The van der Waals surface area contributed by atoms with E-state index in [9.17, 15) is 0 Å². The van der Waals surface area contributed by atoms with Crippen LogP contribution >= 0.6 is 0 Å². The maximum absolute atomic E-state index is 8.72. The van der Waals surface area contributed by atoms with Crippen molar-refractivity contribution in [1.82, 2.24) is 9.80 Å². The molecule has 0 bridgehead atoms. The van der Waals surface area contributed by atoms with Crippen molar-refractivity contribution in [3.8, 4) is 0 Å². The largest absolute Gasteiger partial charge is 0.409 e. The monoisotopic (exact) mass is 286 g/mol. The molecule has 2 atom stereocenters. The minimum absolute atomic E-state index is 0.142. The SMILES string of the molecule is CC(C)N1CCOC(CN2CCOC(C(N)=NO)C2)C1. The average Bonchev–Trinajstić information content (AvgIpc) is 2.47. The van der Waals surface area contributed by atoms with Crippen LogP contribution in [0.2, 0.25) is 0 Å². The van der Waals surface area contributed by atoms with Crippen molar-refractivity contribution < 1.29 is 14.7 Å². The molecule has 2 aliphatic heterocycles. The molecule has 7 nitrogen and oxygen atoms in total. The number of hydrogen-bond donors (Lipinski definition) is 2. The van der Waals surface area contributed by atoms with E-state index in [1.165, 1.54) is 0 Å². The Hall–Kier alpha value is -0.890. The van der Waals surface area contributed by atoms with Gasteiger partial charge < -0.3 is 20.4 Å². The minimum atomic E-state index is -0.321. The smallest absolute Gasteiger partial charge is 0.169 e. The molecule has 0 spiro atoms. The lowest BCUT2D eigenvalue weighted by molar-refractivity contribution is -0.0696. The van der Waals surface area contributed by atoms with Gasteiger partial charge in [-0.25, -0.2) is 0 Å². The molecule has 3 N–H and O–H groups in total. The van der Waals surface area contributed by atoms with E-state index in [4.69, 9.17) is 20.4 Å². The third kappa shape index (κ3) is 4.05. The van der Waals surface area contributed by atoms with E-state index in [1.54, 1.807) is 0 Å². The van der Waals surface area contributed by atoms with Crippen LogP contribution < -0.4 is 5.73 Å². The Kier molecular flexibility index (Phi) is 5.59. The third-order valence-corrected chi connectivity index (χ3v) is 3.96. The molecule has 2 saturated heterocycles. The number of nitrogens with zero attached hydrogens (tertiary/aromatic N) is 3. The zero-order valence-corrected chi connectivity index (χ0v) is 12.4. The van der Waals surface area contributed by atoms with Gasteiger partial charge in [0.2, 0.25) is 0 Å². The molecule has 0 radical (unpaired) electrons. The first-order valence-corrected chi connectivity index (χ1v) is 7.27. The third-order valence-electron chi connectivity index (χ3n) is 3.96. The Morgan fingerprint density at radius 3 is 2.75 bits per heavy atom. The fraction of sp³-hybridized carbons (Fsp3) is 0.923. The molecular formula is C13H26N4O3. The van der Waals surface area contributed by atoms with Crippen LogP contribution in [0.15, 0.2) is 5.16 Å². The second kappa shape index (κ2) is 7.21. The lowest BCUT2D eigenvalue weighted by atomic mass is 10.2. The van der Waals surface area contributed by atoms with Crippen LogP contribution in [0.4, 0.5) is 0 Å². The quantitative estimate of drug-likeness (QED) is 0.315. The summed E-state index contributed by atoms with van der Waals surface area (Å²) in [5, 5.41) is 11.8. The molecule has 0 aliphatic carbocycles. The Morgan fingerprint density at radius 1 is 1.30 bits per heavy atom. The van der Waals surface area contributed by atoms with E-state index in [-0.39, 0.29) is 18.0 Å².